The van der Waals surface area contributed by atoms with Gasteiger partial charge in [0, 0.05) is 19.6 Å². The summed E-state index contributed by atoms with van der Waals surface area (Å²) in [4.78, 5) is 19.0. The maximum absolute atomic E-state index is 11.9. The second-order valence-electron chi connectivity index (χ2n) is 4.73. The Kier molecular flexibility index (Phi) is 5.12. The summed E-state index contributed by atoms with van der Waals surface area (Å²) in [6.45, 7) is 4.23. The number of carbonyl (C=O) groups excluding carboxylic acids is 1. The fourth-order valence-electron chi connectivity index (χ4n) is 2.39. The van der Waals surface area contributed by atoms with Crippen LogP contribution in [0.2, 0.25) is 0 Å². The van der Waals surface area contributed by atoms with Gasteiger partial charge in [-0.05, 0) is 12.5 Å². The van der Waals surface area contributed by atoms with Gasteiger partial charge in [0.05, 0.1) is 12.3 Å². The Hall–Kier alpha value is -1.88. The van der Waals surface area contributed by atoms with E-state index in [9.17, 15) is 4.79 Å². The number of oxime groups is 1. The van der Waals surface area contributed by atoms with Gasteiger partial charge in [0.25, 0.3) is 0 Å². The summed E-state index contributed by atoms with van der Waals surface area (Å²) in [5.41, 5.74) is 1.95. The van der Waals surface area contributed by atoms with Crippen molar-refractivity contribution in [2.75, 3.05) is 26.8 Å². The molecule has 0 spiro atoms. The quantitative estimate of drug-likeness (QED) is 0.606. The van der Waals surface area contributed by atoms with Gasteiger partial charge in [0.1, 0.15) is 13.0 Å². The zero-order chi connectivity index (χ0) is 14.4. The Morgan fingerprint density at radius 3 is 2.80 bits per heavy atom. The average Bonchev–Trinajstić information content (AvgIpc) is 2.83. The summed E-state index contributed by atoms with van der Waals surface area (Å²) in [6, 6.07) is 10.2. The molecule has 5 heteroatoms. The first-order valence-corrected chi connectivity index (χ1v) is 6.77. The monoisotopic (exact) mass is 276 g/mol. The second kappa shape index (κ2) is 7.05. The van der Waals surface area contributed by atoms with Crippen LogP contribution in [0.1, 0.15) is 12.5 Å². The Balaban J connectivity index is 2.04. The minimum Gasteiger partial charge on any atom is -0.465 e. The number of rotatable bonds is 5. The zero-order valence-corrected chi connectivity index (χ0v) is 11.9. The van der Waals surface area contributed by atoms with Crippen LogP contribution in [0, 0.1) is 5.92 Å². The molecule has 0 N–H and O–H groups in total. The number of hydrogen-bond donors (Lipinski definition) is 0. The molecule has 1 atom stereocenters. The number of benzene rings is 1. The lowest BCUT2D eigenvalue weighted by Crippen LogP contribution is -2.26. The van der Waals surface area contributed by atoms with Gasteiger partial charge >= 0.3 is 5.97 Å². The highest BCUT2D eigenvalue weighted by molar-refractivity contribution is 6.04. The van der Waals surface area contributed by atoms with Gasteiger partial charge < -0.3 is 9.57 Å². The fourth-order valence-corrected chi connectivity index (χ4v) is 2.39. The molecule has 1 fully saturated rings. The molecule has 1 heterocycles. The Labute approximate surface area is 119 Å². The Morgan fingerprint density at radius 1 is 1.40 bits per heavy atom. The summed E-state index contributed by atoms with van der Waals surface area (Å²) in [5, 5.41) is 3.97. The minimum absolute atomic E-state index is 0.223. The summed E-state index contributed by atoms with van der Waals surface area (Å²) in [7, 11) is 1.50. The van der Waals surface area contributed by atoms with Crippen molar-refractivity contribution >= 4 is 11.7 Å². The molecule has 0 amide bonds. The lowest BCUT2D eigenvalue weighted by Gasteiger charge is -2.14. The van der Waals surface area contributed by atoms with E-state index in [1.165, 1.54) is 12.7 Å². The molecular weight excluding hydrogens is 256 g/mol. The minimum atomic E-state index is -0.321. The van der Waals surface area contributed by atoms with E-state index < -0.39 is 0 Å². The average molecular weight is 276 g/mol. The number of nitrogens with zero attached hydrogens (tertiary/aromatic N) is 2. The van der Waals surface area contributed by atoms with E-state index in [0.717, 1.165) is 12.3 Å². The lowest BCUT2D eigenvalue weighted by molar-refractivity contribution is -0.145. The molecule has 2 rings (SSSR count). The molecule has 0 saturated carbocycles. The van der Waals surface area contributed by atoms with Gasteiger partial charge in [-0.15, -0.1) is 0 Å². The van der Waals surface area contributed by atoms with E-state index in [1.807, 2.05) is 25.1 Å². The van der Waals surface area contributed by atoms with E-state index in [1.54, 1.807) is 0 Å². The summed E-state index contributed by atoms with van der Waals surface area (Å²) < 4.78 is 5.10. The zero-order valence-electron chi connectivity index (χ0n) is 11.9. The molecule has 1 saturated heterocycles. The molecule has 0 radical (unpaired) electrons. The predicted octanol–water partition coefficient (Wildman–Crippen LogP) is 1.68. The van der Waals surface area contributed by atoms with Crippen molar-refractivity contribution < 1.29 is 14.4 Å². The number of likely N-dealkylation sites (tertiary alicyclic amines) is 1. The molecule has 1 aromatic rings. The lowest BCUT2D eigenvalue weighted by atomic mass is 10.1. The highest BCUT2D eigenvalue weighted by Gasteiger charge is 2.36. The van der Waals surface area contributed by atoms with Gasteiger partial charge in [0.2, 0.25) is 0 Å². The third kappa shape index (κ3) is 3.57. The van der Waals surface area contributed by atoms with E-state index in [2.05, 4.69) is 22.2 Å². The van der Waals surface area contributed by atoms with Gasteiger partial charge in [-0.2, -0.15) is 0 Å². The first-order valence-electron chi connectivity index (χ1n) is 6.77. The third-order valence-corrected chi connectivity index (χ3v) is 3.26. The topological polar surface area (TPSA) is 51.1 Å². The SMILES string of the molecule is CCOC(=O)C1CN(Cc2ccccc2)CC1=NOC. The third-order valence-electron chi connectivity index (χ3n) is 3.26. The molecule has 0 aliphatic carbocycles. The second-order valence-corrected chi connectivity index (χ2v) is 4.73. The van der Waals surface area contributed by atoms with Crippen LogP contribution in [-0.4, -0.2) is 43.4 Å². The summed E-state index contributed by atoms with van der Waals surface area (Å²) in [6.07, 6.45) is 0. The predicted molar refractivity (Wildman–Crippen MR) is 76.3 cm³/mol. The van der Waals surface area contributed by atoms with Crippen LogP contribution in [-0.2, 0) is 20.9 Å². The normalized spacial score (nSPS) is 21.1. The summed E-state index contributed by atoms with van der Waals surface area (Å²) in [5.74, 6) is -0.544. The smallest absolute Gasteiger partial charge is 0.316 e. The largest absolute Gasteiger partial charge is 0.465 e. The molecule has 1 aromatic carbocycles. The van der Waals surface area contributed by atoms with Crippen LogP contribution >= 0.6 is 0 Å². The molecule has 108 valence electrons. The van der Waals surface area contributed by atoms with Crippen LogP contribution in [0.15, 0.2) is 35.5 Å². The maximum atomic E-state index is 11.9. The fraction of sp³-hybridized carbons (Fsp3) is 0.467. The van der Waals surface area contributed by atoms with Crippen molar-refractivity contribution in [3.05, 3.63) is 35.9 Å². The van der Waals surface area contributed by atoms with E-state index >= 15 is 0 Å². The van der Waals surface area contributed by atoms with E-state index in [-0.39, 0.29) is 11.9 Å². The molecule has 5 nitrogen and oxygen atoms in total. The number of esters is 1. The van der Waals surface area contributed by atoms with Crippen molar-refractivity contribution in [1.82, 2.24) is 4.90 Å². The Bertz CT molecular complexity index is 473. The molecule has 1 aliphatic heterocycles. The van der Waals surface area contributed by atoms with E-state index in [0.29, 0.717) is 19.7 Å². The molecule has 0 aromatic heterocycles. The Morgan fingerprint density at radius 2 is 2.15 bits per heavy atom. The van der Waals surface area contributed by atoms with Crippen LogP contribution in [0.4, 0.5) is 0 Å². The van der Waals surface area contributed by atoms with Gasteiger partial charge in [-0.3, -0.25) is 9.69 Å². The number of carbonyl (C=O) groups is 1. The highest BCUT2D eigenvalue weighted by Crippen LogP contribution is 2.18. The standard InChI is InChI=1S/C15H20N2O3/c1-3-20-15(18)13-10-17(11-14(13)16-19-2)9-12-7-5-4-6-8-12/h4-8,13H,3,9-11H2,1-2H3. The maximum Gasteiger partial charge on any atom is 0.316 e. The molecule has 1 aliphatic rings. The number of ether oxygens (including phenoxy) is 1. The van der Waals surface area contributed by atoms with Crippen molar-refractivity contribution in [2.24, 2.45) is 11.1 Å². The van der Waals surface area contributed by atoms with Crippen LogP contribution in [0.3, 0.4) is 0 Å². The van der Waals surface area contributed by atoms with Crippen LogP contribution in [0.25, 0.3) is 0 Å². The van der Waals surface area contributed by atoms with Crippen molar-refractivity contribution in [3.63, 3.8) is 0 Å². The van der Waals surface area contributed by atoms with Gasteiger partial charge in [-0.1, -0.05) is 35.5 Å². The van der Waals surface area contributed by atoms with Crippen molar-refractivity contribution in [3.8, 4) is 0 Å². The van der Waals surface area contributed by atoms with Gasteiger partial charge in [-0.25, -0.2) is 0 Å². The molecule has 1 unspecified atom stereocenters. The van der Waals surface area contributed by atoms with Gasteiger partial charge in [0.15, 0.2) is 0 Å². The van der Waals surface area contributed by atoms with Crippen LogP contribution in [0.5, 0.6) is 0 Å². The van der Waals surface area contributed by atoms with Crippen molar-refractivity contribution in [1.29, 1.82) is 0 Å². The van der Waals surface area contributed by atoms with Crippen molar-refractivity contribution in [2.45, 2.75) is 13.5 Å². The summed E-state index contributed by atoms with van der Waals surface area (Å²) >= 11 is 0. The molecule has 0 bridgehead atoms. The first kappa shape index (κ1) is 14.5. The first-order chi connectivity index (χ1) is 9.74. The number of hydrogen-bond acceptors (Lipinski definition) is 5. The highest BCUT2D eigenvalue weighted by atomic mass is 16.6. The van der Waals surface area contributed by atoms with E-state index in [4.69, 9.17) is 9.57 Å². The molecule has 20 heavy (non-hydrogen) atoms. The molecular formula is C15H20N2O3. The van der Waals surface area contributed by atoms with Crippen LogP contribution < -0.4 is 0 Å².